The summed E-state index contributed by atoms with van der Waals surface area (Å²) in [6, 6.07) is 7.66. The number of nitrogens with one attached hydrogen (secondary N) is 1. The first-order chi connectivity index (χ1) is 8.70. The van der Waals surface area contributed by atoms with Gasteiger partial charge in [0.1, 0.15) is 0 Å². The Morgan fingerprint density at radius 3 is 2.89 bits per heavy atom. The van der Waals surface area contributed by atoms with Crippen molar-refractivity contribution in [1.82, 2.24) is 10.3 Å². The molecule has 0 aliphatic heterocycles. The minimum absolute atomic E-state index is 0.0200. The monoisotopic (exact) mass is 260 g/mol. The van der Waals surface area contributed by atoms with Gasteiger partial charge in [-0.15, -0.1) is 11.3 Å². The number of carbonyl (C=O) groups is 1. The average molecular weight is 260 g/mol. The van der Waals surface area contributed by atoms with Gasteiger partial charge in [-0.3, -0.25) is 9.78 Å². The Labute approximate surface area is 111 Å². The maximum atomic E-state index is 12.0. The van der Waals surface area contributed by atoms with Crippen LogP contribution in [0.4, 0.5) is 0 Å². The second-order valence-corrected chi connectivity index (χ2v) is 5.31. The summed E-state index contributed by atoms with van der Waals surface area (Å²) in [4.78, 5) is 18.1. The SMILES string of the molecule is CCc1cc(C(=O)NCc2ccccn2)sc1C. The van der Waals surface area contributed by atoms with E-state index in [2.05, 4.69) is 24.1 Å². The maximum absolute atomic E-state index is 12.0. The van der Waals surface area contributed by atoms with Crippen LogP contribution in [0.15, 0.2) is 30.5 Å². The zero-order valence-corrected chi connectivity index (χ0v) is 11.4. The normalized spacial score (nSPS) is 10.3. The lowest BCUT2D eigenvalue weighted by Gasteiger charge is -2.02. The first-order valence-corrected chi connectivity index (χ1v) is 6.79. The third kappa shape index (κ3) is 2.96. The lowest BCUT2D eigenvalue weighted by atomic mass is 10.2. The maximum Gasteiger partial charge on any atom is 0.261 e. The average Bonchev–Trinajstić information content (AvgIpc) is 2.78. The van der Waals surface area contributed by atoms with Gasteiger partial charge < -0.3 is 5.32 Å². The molecule has 18 heavy (non-hydrogen) atoms. The molecule has 0 saturated heterocycles. The summed E-state index contributed by atoms with van der Waals surface area (Å²) < 4.78 is 0. The molecule has 1 amide bonds. The fourth-order valence-corrected chi connectivity index (χ4v) is 2.77. The molecule has 2 heterocycles. The van der Waals surface area contributed by atoms with Gasteiger partial charge in [0.15, 0.2) is 0 Å². The molecule has 2 aromatic heterocycles. The molecule has 0 bridgehead atoms. The van der Waals surface area contributed by atoms with Crippen molar-refractivity contribution in [1.29, 1.82) is 0 Å². The van der Waals surface area contributed by atoms with Crippen LogP contribution in [0.3, 0.4) is 0 Å². The van der Waals surface area contributed by atoms with Crippen molar-refractivity contribution in [2.45, 2.75) is 26.8 Å². The molecule has 0 spiro atoms. The van der Waals surface area contributed by atoms with Gasteiger partial charge in [0.25, 0.3) is 5.91 Å². The molecule has 2 aromatic rings. The van der Waals surface area contributed by atoms with Crippen molar-refractivity contribution in [2.24, 2.45) is 0 Å². The van der Waals surface area contributed by atoms with Crippen molar-refractivity contribution < 1.29 is 4.79 Å². The van der Waals surface area contributed by atoms with Crippen LogP contribution in [0.2, 0.25) is 0 Å². The molecule has 0 radical (unpaired) electrons. The molecule has 0 aliphatic carbocycles. The molecular formula is C14H16N2OS. The summed E-state index contributed by atoms with van der Waals surface area (Å²) in [5, 5.41) is 2.89. The molecule has 0 aliphatic rings. The highest BCUT2D eigenvalue weighted by atomic mass is 32.1. The number of nitrogens with zero attached hydrogens (tertiary/aromatic N) is 1. The molecule has 3 nitrogen and oxygen atoms in total. The molecule has 0 aromatic carbocycles. The van der Waals surface area contributed by atoms with Crippen LogP contribution in [-0.4, -0.2) is 10.9 Å². The summed E-state index contributed by atoms with van der Waals surface area (Å²) >= 11 is 1.55. The predicted molar refractivity (Wildman–Crippen MR) is 73.8 cm³/mol. The van der Waals surface area contributed by atoms with Crippen molar-refractivity contribution in [3.05, 3.63) is 51.5 Å². The van der Waals surface area contributed by atoms with Crippen LogP contribution in [0, 0.1) is 6.92 Å². The standard InChI is InChI=1S/C14H16N2OS/c1-3-11-8-13(18-10(11)2)14(17)16-9-12-6-4-5-7-15-12/h4-8H,3,9H2,1-2H3,(H,16,17). The molecule has 0 unspecified atom stereocenters. The topological polar surface area (TPSA) is 42.0 Å². The van der Waals surface area contributed by atoms with Gasteiger partial charge in [-0.05, 0) is 37.1 Å². The summed E-state index contributed by atoms with van der Waals surface area (Å²) in [7, 11) is 0. The van der Waals surface area contributed by atoms with Crippen LogP contribution in [0.1, 0.15) is 32.7 Å². The zero-order valence-electron chi connectivity index (χ0n) is 10.6. The van der Waals surface area contributed by atoms with Crippen LogP contribution in [0.5, 0.6) is 0 Å². The summed E-state index contributed by atoms with van der Waals surface area (Å²) in [6.45, 7) is 4.63. The van der Waals surface area contributed by atoms with Crippen molar-refractivity contribution in [3.63, 3.8) is 0 Å². The van der Waals surface area contributed by atoms with Gasteiger partial charge in [-0.2, -0.15) is 0 Å². The van der Waals surface area contributed by atoms with E-state index in [4.69, 9.17) is 0 Å². The van der Waals surface area contributed by atoms with Crippen molar-refractivity contribution in [3.8, 4) is 0 Å². The van der Waals surface area contributed by atoms with Crippen molar-refractivity contribution in [2.75, 3.05) is 0 Å². The number of thiophene rings is 1. The van der Waals surface area contributed by atoms with Crippen LogP contribution in [0.25, 0.3) is 0 Å². The highest BCUT2D eigenvalue weighted by molar-refractivity contribution is 7.14. The van der Waals surface area contributed by atoms with Gasteiger partial charge in [-0.1, -0.05) is 13.0 Å². The lowest BCUT2D eigenvalue weighted by molar-refractivity contribution is 0.0954. The van der Waals surface area contributed by atoms with E-state index in [9.17, 15) is 4.79 Å². The third-order valence-corrected chi connectivity index (χ3v) is 3.87. The number of pyridine rings is 1. The molecule has 4 heteroatoms. The molecular weight excluding hydrogens is 244 g/mol. The first-order valence-electron chi connectivity index (χ1n) is 5.98. The Morgan fingerprint density at radius 1 is 1.44 bits per heavy atom. The Bertz CT molecular complexity index is 534. The molecule has 94 valence electrons. The minimum Gasteiger partial charge on any atom is -0.346 e. The number of hydrogen-bond donors (Lipinski definition) is 1. The Balaban J connectivity index is 1.99. The fraction of sp³-hybridized carbons (Fsp3) is 0.286. The first kappa shape index (κ1) is 12.8. The number of aromatic nitrogens is 1. The van der Waals surface area contributed by atoms with Crippen LogP contribution >= 0.6 is 11.3 Å². The Kier molecular flexibility index (Phi) is 4.10. The zero-order chi connectivity index (χ0) is 13.0. The van der Waals surface area contributed by atoms with Gasteiger partial charge in [0.05, 0.1) is 17.1 Å². The number of amides is 1. The minimum atomic E-state index is -0.0200. The van der Waals surface area contributed by atoms with E-state index >= 15 is 0 Å². The lowest BCUT2D eigenvalue weighted by Crippen LogP contribution is -2.22. The molecule has 0 saturated carbocycles. The van der Waals surface area contributed by atoms with E-state index in [0.717, 1.165) is 17.0 Å². The molecule has 0 atom stereocenters. The summed E-state index contributed by atoms with van der Waals surface area (Å²) in [5.74, 6) is -0.0200. The molecule has 0 fully saturated rings. The Hall–Kier alpha value is -1.68. The van der Waals surface area contributed by atoms with Gasteiger partial charge >= 0.3 is 0 Å². The molecule has 2 rings (SSSR count). The van der Waals surface area contributed by atoms with Crippen LogP contribution in [-0.2, 0) is 13.0 Å². The Morgan fingerprint density at radius 2 is 2.28 bits per heavy atom. The van der Waals surface area contributed by atoms with Crippen molar-refractivity contribution >= 4 is 17.2 Å². The number of hydrogen-bond acceptors (Lipinski definition) is 3. The van der Waals surface area contributed by atoms with E-state index < -0.39 is 0 Å². The summed E-state index contributed by atoms with van der Waals surface area (Å²) in [6.07, 6.45) is 2.70. The quantitative estimate of drug-likeness (QED) is 0.918. The third-order valence-electron chi connectivity index (χ3n) is 2.78. The highest BCUT2D eigenvalue weighted by Crippen LogP contribution is 2.21. The van der Waals surface area contributed by atoms with E-state index in [1.54, 1.807) is 17.5 Å². The van der Waals surface area contributed by atoms with Gasteiger partial charge in [0, 0.05) is 11.1 Å². The second-order valence-electron chi connectivity index (χ2n) is 4.05. The van der Waals surface area contributed by atoms with Crippen LogP contribution < -0.4 is 5.32 Å². The van der Waals surface area contributed by atoms with Gasteiger partial charge in [0.2, 0.25) is 0 Å². The summed E-state index contributed by atoms with van der Waals surface area (Å²) in [5.41, 5.74) is 2.12. The molecule has 1 N–H and O–H groups in total. The number of rotatable bonds is 4. The smallest absolute Gasteiger partial charge is 0.261 e. The predicted octanol–water partition coefficient (Wildman–Crippen LogP) is 2.94. The van der Waals surface area contributed by atoms with E-state index in [1.165, 1.54) is 10.4 Å². The second kappa shape index (κ2) is 5.78. The van der Waals surface area contributed by atoms with Gasteiger partial charge in [-0.25, -0.2) is 0 Å². The van der Waals surface area contributed by atoms with E-state index in [0.29, 0.717) is 6.54 Å². The number of aryl methyl sites for hydroxylation is 2. The van der Waals surface area contributed by atoms with E-state index in [-0.39, 0.29) is 5.91 Å². The van der Waals surface area contributed by atoms with E-state index in [1.807, 2.05) is 24.3 Å². The fourth-order valence-electron chi connectivity index (χ4n) is 1.74. The number of carbonyl (C=O) groups excluding carboxylic acids is 1. The largest absolute Gasteiger partial charge is 0.346 e. The highest BCUT2D eigenvalue weighted by Gasteiger charge is 2.11.